The fraction of sp³-hybridized carbons (Fsp3) is 0.389. The molecule has 0 saturated carbocycles. The van der Waals surface area contributed by atoms with Crippen LogP contribution < -0.4 is 0 Å². The SMILES string of the molecule is CCN(CC)S(=O)(=O)c1ccc(F)c(C(=O)N(C)[C@@H](C)c2cccs2)c1. The molecule has 2 aromatic rings. The van der Waals surface area contributed by atoms with Gasteiger partial charge in [0.05, 0.1) is 16.5 Å². The molecule has 1 aromatic heterocycles. The number of thiophene rings is 1. The van der Waals surface area contributed by atoms with Gasteiger partial charge in [-0.25, -0.2) is 12.8 Å². The van der Waals surface area contributed by atoms with Crippen molar-refractivity contribution in [3.8, 4) is 0 Å². The summed E-state index contributed by atoms with van der Waals surface area (Å²) < 4.78 is 40.9. The van der Waals surface area contributed by atoms with Crippen LogP contribution in [0, 0.1) is 5.82 Å². The number of nitrogens with zero attached hydrogens (tertiary/aromatic N) is 2. The molecule has 5 nitrogen and oxygen atoms in total. The zero-order chi connectivity index (χ0) is 19.5. The van der Waals surface area contributed by atoms with Gasteiger partial charge >= 0.3 is 0 Å². The lowest BCUT2D eigenvalue weighted by molar-refractivity contribution is 0.0740. The zero-order valence-electron chi connectivity index (χ0n) is 15.3. The van der Waals surface area contributed by atoms with Crippen molar-refractivity contribution in [3.05, 3.63) is 52.0 Å². The molecule has 142 valence electrons. The molecular weight excluding hydrogens is 375 g/mol. The molecule has 0 aliphatic heterocycles. The minimum atomic E-state index is -3.77. The fourth-order valence-electron chi connectivity index (χ4n) is 2.63. The molecule has 0 spiro atoms. The molecule has 1 heterocycles. The van der Waals surface area contributed by atoms with Crippen molar-refractivity contribution in [2.75, 3.05) is 20.1 Å². The van der Waals surface area contributed by atoms with Crippen molar-refractivity contribution >= 4 is 27.3 Å². The molecule has 0 fully saturated rings. The third-order valence-electron chi connectivity index (χ3n) is 4.37. The lowest BCUT2D eigenvalue weighted by Gasteiger charge is -2.25. The largest absolute Gasteiger partial charge is 0.334 e. The number of amides is 1. The average molecular weight is 399 g/mol. The Labute approximate surface area is 158 Å². The summed E-state index contributed by atoms with van der Waals surface area (Å²) in [6.45, 7) is 5.90. The Morgan fingerprint density at radius 1 is 1.23 bits per heavy atom. The molecule has 1 atom stereocenters. The first-order chi connectivity index (χ1) is 12.2. The molecular formula is C18H23FN2O3S2. The molecule has 1 aromatic carbocycles. The molecule has 0 saturated heterocycles. The van der Waals surface area contributed by atoms with E-state index in [0.29, 0.717) is 13.1 Å². The van der Waals surface area contributed by atoms with Crippen LogP contribution in [0.2, 0.25) is 0 Å². The van der Waals surface area contributed by atoms with Crippen LogP contribution in [0.3, 0.4) is 0 Å². The first-order valence-electron chi connectivity index (χ1n) is 8.34. The second-order valence-corrected chi connectivity index (χ2v) is 8.76. The average Bonchev–Trinajstić information content (AvgIpc) is 3.15. The van der Waals surface area contributed by atoms with E-state index in [1.165, 1.54) is 26.6 Å². The van der Waals surface area contributed by atoms with Gasteiger partial charge in [0.2, 0.25) is 10.0 Å². The Morgan fingerprint density at radius 2 is 1.88 bits per heavy atom. The summed E-state index contributed by atoms with van der Waals surface area (Å²) >= 11 is 1.50. The number of carbonyl (C=O) groups excluding carboxylic acids is 1. The van der Waals surface area contributed by atoms with Gasteiger partial charge in [0.15, 0.2) is 0 Å². The Balaban J connectivity index is 2.39. The highest BCUT2D eigenvalue weighted by molar-refractivity contribution is 7.89. The highest BCUT2D eigenvalue weighted by Crippen LogP contribution is 2.26. The van der Waals surface area contributed by atoms with Crippen molar-refractivity contribution in [3.63, 3.8) is 0 Å². The molecule has 0 bridgehead atoms. The first-order valence-corrected chi connectivity index (χ1v) is 10.7. The van der Waals surface area contributed by atoms with E-state index in [1.54, 1.807) is 20.9 Å². The maximum absolute atomic E-state index is 14.3. The molecule has 0 unspecified atom stereocenters. The van der Waals surface area contributed by atoms with Crippen LogP contribution in [0.5, 0.6) is 0 Å². The van der Waals surface area contributed by atoms with Gasteiger partial charge in [-0.05, 0) is 36.6 Å². The summed E-state index contributed by atoms with van der Waals surface area (Å²) in [6, 6.07) is 6.90. The van der Waals surface area contributed by atoms with Crippen molar-refractivity contribution in [2.45, 2.75) is 31.7 Å². The summed E-state index contributed by atoms with van der Waals surface area (Å²) in [5.41, 5.74) is -0.246. The monoisotopic (exact) mass is 398 g/mol. The number of halogens is 1. The summed E-state index contributed by atoms with van der Waals surface area (Å²) in [4.78, 5) is 15.1. The van der Waals surface area contributed by atoms with Crippen LogP contribution >= 0.6 is 11.3 Å². The molecule has 0 aliphatic carbocycles. The summed E-state index contributed by atoms with van der Waals surface area (Å²) in [6.07, 6.45) is 0. The smallest absolute Gasteiger partial charge is 0.257 e. The highest BCUT2D eigenvalue weighted by atomic mass is 32.2. The fourth-order valence-corrected chi connectivity index (χ4v) is 4.94. The number of rotatable bonds is 7. The Hall–Kier alpha value is -1.77. The van der Waals surface area contributed by atoms with Crippen molar-refractivity contribution in [1.82, 2.24) is 9.21 Å². The number of benzene rings is 1. The molecule has 0 aliphatic rings. The van der Waals surface area contributed by atoms with E-state index in [0.717, 1.165) is 17.0 Å². The van der Waals surface area contributed by atoms with Crippen molar-refractivity contribution in [1.29, 1.82) is 0 Å². The maximum Gasteiger partial charge on any atom is 0.257 e. The summed E-state index contributed by atoms with van der Waals surface area (Å²) in [5.74, 6) is -1.29. The van der Waals surface area contributed by atoms with Gasteiger partial charge in [0, 0.05) is 25.0 Å². The predicted molar refractivity (Wildman–Crippen MR) is 101 cm³/mol. The molecule has 2 rings (SSSR count). The van der Waals surface area contributed by atoms with Gasteiger partial charge in [-0.1, -0.05) is 19.9 Å². The number of carbonyl (C=O) groups is 1. The molecule has 0 radical (unpaired) electrons. The Bertz CT molecular complexity index is 863. The van der Waals surface area contributed by atoms with E-state index in [4.69, 9.17) is 0 Å². The van der Waals surface area contributed by atoms with Gasteiger partial charge in [0.1, 0.15) is 5.82 Å². The van der Waals surface area contributed by atoms with E-state index >= 15 is 0 Å². The Morgan fingerprint density at radius 3 is 2.42 bits per heavy atom. The van der Waals surface area contributed by atoms with Crippen LogP contribution in [0.25, 0.3) is 0 Å². The lowest BCUT2D eigenvalue weighted by atomic mass is 10.1. The standard InChI is InChI=1S/C18H23FN2O3S2/c1-5-21(6-2)26(23,24)14-9-10-16(19)15(12-14)18(22)20(4)13(3)17-8-7-11-25-17/h7-13H,5-6H2,1-4H3/t13-/m0/s1. The van der Waals surface area contributed by atoms with E-state index in [9.17, 15) is 17.6 Å². The molecule has 1 amide bonds. The number of hydrogen-bond acceptors (Lipinski definition) is 4. The van der Waals surface area contributed by atoms with Crippen LogP contribution in [0.15, 0.2) is 40.6 Å². The minimum Gasteiger partial charge on any atom is -0.334 e. The zero-order valence-corrected chi connectivity index (χ0v) is 16.9. The molecule has 26 heavy (non-hydrogen) atoms. The number of hydrogen-bond donors (Lipinski definition) is 0. The highest BCUT2D eigenvalue weighted by Gasteiger charge is 2.27. The topological polar surface area (TPSA) is 57.7 Å². The second-order valence-electron chi connectivity index (χ2n) is 5.84. The maximum atomic E-state index is 14.3. The van der Waals surface area contributed by atoms with Crippen LogP contribution in [-0.2, 0) is 10.0 Å². The van der Waals surface area contributed by atoms with Gasteiger partial charge in [-0.15, -0.1) is 11.3 Å². The van der Waals surface area contributed by atoms with E-state index in [-0.39, 0.29) is 16.5 Å². The molecule has 0 N–H and O–H groups in total. The summed E-state index contributed by atoms with van der Waals surface area (Å²) in [7, 11) is -2.18. The Kier molecular flexibility index (Phi) is 6.54. The van der Waals surface area contributed by atoms with Crippen LogP contribution in [0.4, 0.5) is 4.39 Å². The van der Waals surface area contributed by atoms with E-state index in [1.807, 2.05) is 24.4 Å². The quantitative estimate of drug-likeness (QED) is 0.714. The van der Waals surface area contributed by atoms with Crippen molar-refractivity contribution < 1.29 is 17.6 Å². The second kappa shape index (κ2) is 8.28. The van der Waals surface area contributed by atoms with E-state index < -0.39 is 21.7 Å². The predicted octanol–water partition coefficient (Wildman–Crippen LogP) is 3.75. The van der Waals surface area contributed by atoms with Gasteiger partial charge in [-0.2, -0.15) is 4.31 Å². The van der Waals surface area contributed by atoms with Crippen LogP contribution in [-0.4, -0.2) is 43.7 Å². The van der Waals surface area contributed by atoms with Crippen molar-refractivity contribution in [2.24, 2.45) is 0 Å². The third kappa shape index (κ3) is 3.97. The van der Waals surface area contributed by atoms with Crippen LogP contribution in [0.1, 0.15) is 42.0 Å². The molecule has 8 heteroatoms. The van der Waals surface area contributed by atoms with E-state index in [2.05, 4.69) is 0 Å². The van der Waals surface area contributed by atoms with Gasteiger partial charge in [0.25, 0.3) is 5.91 Å². The normalized spacial score (nSPS) is 13.0. The number of sulfonamides is 1. The van der Waals surface area contributed by atoms with Gasteiger partial charge < -0.3 is 4.90 Å². The summed E-state index contributed by atoms with van der Waals surface area (Å²) in [5, 5.41) is 1.90. The third-order valence-corrected chi connectivity index (χ3v) is 7.46. The minimum absolute atomic E-state index is 0.0804. The lowest BCUT2D eigenvalue weighted by Crippen LogP contribution is -2.32. The van der Waals surface area contributed by atoms with Gasteiger partial charge in [-0.3, -0.25) is 4.79 Å². The first kappa shape index (κ1) is 20.5.